The average Bonchev–Trinajstić information content (AvgIpc) is 2.59. The summed E-state index contributed by atoms with van der Waals surface area (Å²) >= 11 is 0. The fourth-order valence-corrected chi connectivity index (χ4v) is 13.9. The van der Waals surface area contributed by atoms with Crippen molar-refractivity contribution in [2.24, 2.45) is 0 Å². The molecule has 7 atom stereocenters. The summed E-state index contributed by atoms with van der Waals surface area (Å²) in [5, 5.41) is 55.1. The van der Waals surface area contributed by atoms with Crippen molar-refractivity contribution >= 4 is 5.91 Å². The van der Waals surface area contributed by atoms with Crippen molar-refractivity contribution in [3.05, 3.63) is 0 Å². The second-order valence-electron chi connectivity index (χ2n) is 28.9. The van der Waals surface area contributed by atoms with Crippen molar-refractivity contribution in [2.75, 3.05) is 13.2 Å². The standard InChI is InChI=1S/C80H159NO8/c1-3-5-7-9-11-13-15-17-19-21-23-25-27-29-31-33-35-36-37-38-39-40-42-44-46-48-50-52-54-56-58-60-62-64-66-68-70-76(84)81-73(72-88-80-79(87)78(86)77(85)75(71-82)89-80)74(83)69-67-65-63-61-59-57-55-53-51-49-47-45-43-41-34-32-30-28-26-24-22-20-18-16-14-12-10-8-6-4-2/h73-75,77-80,82-83,85-87H,3-72H2,1-2H3,(H,81,84). The molecule has 9 heteroatoms. The number of amides is 1. The third-order valence-electron chi connectivity index (χ3n) is 20.2. The summed E-state index contributed by atoms with van der Waals surface area (Å²) in [7, 11) is 0. The van der Waals surface area contributed by atoms with Crippen LogP contribution in [-0.2, 0) is 14.3 Å². The number of hydrogen-bond acceptors (Lipinski definition) is 8. The molecule has 532 valence electrons. The van der Waals surface area contributed by atoms with Crippen LogP contribution in [0.1, 0.15) is 450 Å². The molecule has 0 bridgehead atoms. The highest BCUT2D eigenvalue weighted by Gasteiger charge is 2.44. The summed E-state index contributed by atoms with van der Waals surface area (Å²) in [6.45, 7) is 3.92. The molecule has 0 aliphatic carbocycles. The minimum absolute atomic E-state index is 0.130. The zero-order valence-electron chi connectivity index (χ0n) is 60.0. The molecule has 1 aliphatic rings. The first-order valence-electron chi connectivity index (χ1n) is 40.7. The van der Waals surface area contributed by atoms with Gasteiger partial charge in [-0.2, -0.15) is 0 Å². The summed E-state index contributed by atoms with van der Waals surface area (Å²) in [6, 6.07) is -0.716. The molecule has 9 nitrogen and oxygen atoms in total. The Morgan fingerprint density at radius 1 is 0.337 bits per heavy atom. The van der Waals surface area contributed by atoms with E-state index in [1.165, 1.54) is 385 Å². The number of nitrogens with one attached hydrogen (secondary N) is 1. The molecular weight excluding hydrogens is 1100 g/mol. The van der Waals surface area contributed by atoms with E-state index in [4.69, 9.17) is 9.47 Å². The van der Waals surface area contributed by atoms with Gasteiger partial charge >= 0.3 is 0 Å². The Balaban J connectivity index is 2.03. The third-order valence-corrected chi connectivity index (χ3v) is 20.2. The summed E-state index contributed by atoms with van der Waals surface area (Å²) in [6.07, 6.45) is 83.7. The Kier molecular flexibility index (Phi) is 67.8. The van der Waals surface area contributed by atoms with Gasteiger partial charge in [-0.15, -0.1) is 0 Å². The van der Waals surface area contributed by atoms with Crippen molar-refractivity contribution in [3.8, 4) is 0 Å². The maximum Gasteiger partial charge on any atom is 0.220 e. The van der Waals surface area contributed by atoms with Gasteiger partial charge < -0.3 is 40.3 Å². The lowest BCUT2D eigenvalue weighted by Crippen LogP contribution is -2.60. The molecule has 0 radical (unpaired) electrons. The molecule has 1 fully saturated rings. The summed E-state index contributed by atoms with van der Waals surface area (Å²) < 4.78 is 11.4. The van der Waals surface area contributed by atoms with Crippen LogP contribution in [0.3, 0.4) is 0 Å². The lowest BCUT2D eigenvalue weighted by Gasteiger charge is -2.40. The number of aliphatic hydroxyl groups is 5. The molecule has 89 heavy (non-hydrogen) atoms. The van der Waals surface area contributed by atoms with Crippen molar-refractivity contribution < 1.29 is 39.8 Å². The first-order chi connectivity index (χ1) is 43.8. The van der Waals surface area contributed by atoms with Crippen molar-refractivity contribution in [3.63, 3.8) is 0 Å². The average molecular weight is 1260 g/mol. The second-order valence-corrected chi connectivity index (χ2v) is 28.9. The molecule has 0 spiro atoms. The fraction of sp³-hybridized carbons (Fsp3) is 0.988. The molecule has 1 aliphatic heterocycles. The topological polar surface area (TPSA) is 149 Å². The van der Waals surface area contributed by atoms with Crippen LogP contribution in [0, 0.1) is 0 Å². The van der Waals surface area contributed by atoms with Gasteiger partial charge in [-0.05, 0) is 12.8 Å². The minimum atomic E-state index is -1.55. The van der Waals surface area contributed by atoms with E-state index in [9.17, 15) is 30.3 Å². The van der Waals surface area contributed by atoms with E-state index >= 15 is 0 Å². The Bertz CT molecular complexity index is 1370. The van der Waals surface area contributed by atoms with Crippen molar-refractivity contribution in [2.45, 2.75) is 493 Å². The molecule has 0 aromatic heterocycles. The molecule has 0 aromatic rings. The largest absolute Gasteiger partial charge is 0.394 e. The smallest absolute Gasteiger partial charge is 0.220 e. The molecule has 0 aromatic carbocycles. The first-order valence-corrected chi connectivity index (χ1v) is 40.7. The Morgan fingerprint density at radius 3 is 0.798 bits per heavy atom. The first kappa shape index (κ1) is 86.2. The molecule has 0 saturated carbocycles. The normalized spacial score (nSPS) is 17.7. The number of hydrogen-bond donors (Lipinski definition) is 6. The molecular formula is C80H159NO8. The van der Waals surface area contributed by atoms with Crippen LogP contribution in [0.25, 0.3) is 0 Å². The van der Waals surface area contributed by atoms with Gasteiger partial charge in [0.05, 0.1) is 25.4 Å². The quantitative estimate of drug-likeness (QED) is 0.0330. The predicted octanol–water partition coefficient (Wildman–Crippen LogP) is 23.2. The van der Waals surface area contributed by atoms with Crippen LogP contribution in [0.2, 0.25) is 0 Å². The van der Waals surface area contributed by atoms with E-state index in [-0.39, 0.29) is 12.5 Å². The van der Waals surface area contributed by atoms with E-state index < -0.39 is 49.5 Å². The van der Waals surface area contributed by atoms with E-state index in [2.05, 4.69) is 19.2 Å². The Morgan fingerprint density at radius 2 is 0.562 bits per heavy atom. The monoisotopic (exact) mass is 1260 g/mol. The molecule has 1 amide bonds. The maximum absolute atomic E-state index is 13.2. The second kappa shape index (κ2) is 70.0. The SMILES string of the molecule is CCCCCCCCCCCCCCCCCCCCCCCCCCCCCCCCCCCCCCC(=O)NC(COC1OC(CO)C(O)C(O)C1O)C(O)CCCCCCCCCCCCCCCCCCCCCCCCCCCCCCCC. The number of carbonyl (C=O) groups is 1. The highest BCUT2D eigenvalue weighted by atomic mass is 16.7. The minimum Gasteiger partial charge on any atom is -0.394 e. The predicted molar refractivity (Wildman–Crippen MR) is 383 cm³/mol. The highest BCUT2D eigenvalue weighted by molar-refractivity contribution is 5.76. The zero-order chi connectivity index (χ0) is 64.2. The van der Waals surface area contributed by atoms with Crippen LogP contribution in [-0.4, -0.2) is 87.5 Å². The van der Waals surface area contributed by atoms with Crippen LogP contribution in [0.5, 0.6) is 0 Å². The van der Waals surface area contributed by atoms with Crippen LogP contribution >= 0.6 is 0 Å². The number of rotatable bonds is 74. The van der Waals surface area contributed by atoms with Gasteiger partial charge in [0.1, 0.15) is 24.4 Å². The van der Waals surface area contributed by atoms with E-state index in [0.717, 1.165) is 38.5 Å². The third kappa shape index (κ3) is 58.3. The Hall–Kier alpha value is -0.810. The summed E-state index contributed by atoms with van der Waals surface area (Å²) in [5.74, 6) is -0.131. The van der Waals surface area contributed by atoms with Crippen molar-refractivity contribution in [1.82, 2.24) is 5.32 Å². The van der Waals surface area contributed by atoms with Crippen LogP contribution in [0.15, 0.2) is 0 Å². The Labute approximate surface area is 554 Å². The van der Waals surface area contributed by atoms with Gasteiger partial charge in [-0.1, -0.05) is 431 Å². The molecule has 1 saturated heterocycles. The summed E-state index contributed by atoms with van der Waals surface area (Å²) in [5.41, 5.74) is 0. The molecule has 6 N–H and O–H groups in total. The number of carbonyl (C=O) groups excluding carboxylic acids is 1. The van der Waals surface area contributed by atoms with Gasteiger partial charge in [0.25, 0.3) is 0 Å². The van der Waals surface area contributed by atoms with E-state index in [1.807, 2.05) is 0 Å². The molecule has 1 heterocycles. The van der Waals surface area contributed by atoms with E-state index in [0.29, 0.717) is 12.8 Å². The lowest BCUT2D eigenvalue weighted by atomic mass is 9.99. The van der Waals surface area contributed by atoms with Gasteiger partial charge in [-0.3, -0.25) is 4.79 Å². The number of ether oxygens (including phenoxy) is 2. The maximum atomic E-state index is 13.2. The van der Waals surface area contributed by atoms with Gasteiger partial charge in [0, 0.05) is 6.42 Å². The number of aliphatic hydroxyl groups excluding tert-OH is 5. The van der Waals surface area contributed by atoms with Crippen LogP contribution < -0.4 is 5.32 Å². The molecule has 7 unspecified atom stereocenters. The lowest BCUT2D eigenvalue weighted by molar-refractivity contribution is -0.302. The van der Waals surface area contributed by atoms with Gasteiger partial charge in [0.15, 0.2) is 6.29 Å². The highest BCUT2D eigenvalue weighted by Crippen LogP contribution is 2.25. The van der Waals surface area contributed by atoms with Crippen molar-refractivity contribution in [1.29, 1.82) is 0 Å². The van der Waals surface area contributed by atoms with Gasteiger partial charge in [0.2, 0.25) is 5.91 Å². The zero-order valence-corrected chi connectivity index (χ0v) is 60.0. The van der Waals surface area contributed by atoms with E-state index in [1.54, 1.807) is 0 Å². The number of unbranched alkanes of at least 4 members (excludes halogenated alkanes) is 64. The van der Waals surface area contributed by atoms with Crippen LogP contribution in [0.4, 0.5) is 0 Å². The summed E-state index contributed by atoms with van der Waals surface area (Å²) in [4.78, 5) is 13.2. The van der Waals surface area contributed by atoms with Gasteiger partial charge in [-0.25, -0.2) is 0 Å². The fourth-order valence-electron chi connectivity index (χ4n) is 13.9. The molecule has 1 rings (SSSR count).